The number of nitrogens with one attached hydrogen (secondary N) is 1. The zero-order valence-corrected chi connectivity index (χ0v) is 21.2. The topological polar surface area (TPSA) is 102 Å². The van der Waals surface area contributed by atoms with Gasteiger partial charge in [0.05, 0.1) is 34.9 Å². The second-order valence-corrected chi connectivity index (χ2v) is 9.83. The number of amides is 1. The number of hydrogen-bond donors (Lipinski definition) is 1. The molecule has 0 aromatic heterocycles. The molecule has 3 aromatic carbocycles. The molecule has 1 N–H and O–H groups in total. The third kappa shape index (κ3) is 6.45. The molecule has 0 aliphatic rings. The predicted octanol–water partition coefficient (Wildman–Crippen LogP) is 5.01. The largest absolute Gasteiger partial charge is 0.497 e. The van der Waals surface area contributed by atoms with E-state index >= 15 is 0 Å². The van der Waals surface area contributed by atoms with Crippen LogP contribution in [0.4, 0.5) is 11.4 Å². The molecule has 0 aliphatic heterocycles. The van der Waals surface area contributed by atoms with Crippen molar-refractivity contribution in [1.29, 1.82) is 0 Å². The highest BCUT2D eigenvalue weighted by Crippen LogP contribution is 2.27. The van der Waals surface area contributed by atoms with Gasteiger partial charge in [0.25, 0.3) is 10.0 Å². The normalized spacial score (nSPS) is 11.0. The number of benzene rings is 3. The van der Waals surface area contributed by atoms with Gasteiger partial charge in [0.1, 0.15) is 12.3 Å². The molecule has 0 aliphatic carbocycles. The molecule has 1 amide bonds. The molecule has 0 spiro atoms. The van der Waals surface area contributed by atoms with Gasteiger partial charge in [0.15, 0.2) is 0 Å². The maximum Gasteiger partial charge on any atom is 0.339 e. The molecule has 35 heavy (non-hydrogen) atoms. The number of hydrogen-bond acceptors (Lipinski definition) is 6. The van der Waals surface area contributed by atoms with Crippen LogP contribution in [0.25, 0.3) is 0 Å². The van der Waals surface area contributed by atoms with Crippen LogP contribution in [0.3, 0.4) is 0 Å². The maximum atomic E-state index is 13.5. The minimum absolute atomic E-state index is 0.0304. The van der Waals surface area contributed by atoms with E-state index < -0.39 is 28.4 Å². The van der Waals surface area contributed by atoms with Crippen LogP contribution < -0.4 is 14.4 Å². The minimum Gasteiger partial charge on any atom is -0.497 e. The Bertz CT molecular complexity index is 1310. The average Bonchev–Trinajstić information content (AvgIpc) is 2.84. The van der Waals surface area contributed by atoms with Gasteiger partial charge in [-0.1, -0.05) is 23.2 Å². The summed E-state index contributed by atoms with van der Waals surface area (Å²) in [6, 6.07) is 16.1. The van der Waals surface area contributed by atoms with Crippen molar-refractivity contribution in [2.24, 2.45) is 0 Å². The van der Waals surface area contributed by atoms with Crippen molar-refractivity contribution in [3.05, 3.63) is 82.3 Å². The second-order valence-electron chi connectivity index (χ2n) is 7.13. The Morgan fingerprint density at radius 2 is 1.63 bits per heavy atom. The third-order valence-corrected chi connectivity index (χ3v) is 7.16. The van der Waals surface area contributed by atoms with Crippen molar-refractivity contribution < 1.29 is 27.5 Å². The lowest BCUT2D eigenvalue weighted by Crippen LogP contribution is -2.38. The fourth-order valence-corrected chi connectivity index (χ4v) is 4.84. The van der Waals surface area contributed by atoms with Crippen molar-refractivity contribution >= 4 is 56.5 Å². The second kappa shape index (κ2) is 11.4. The lowest BCUT2D eigenvalue weighted by atomic mass is 10.2. The molecule has 0 unspecified atom stereocenters. The molecular formula is C24H22Cl2N2O6S. The summed E-state index contributed by atoms with van der Waals surface area (Å²) in [5.74, 6) is -0.799. The number of carbonyl (C=O) groups is 2. The van der Waals surface area contributed by atoms with Gasteiger partial charge in [-0.2, -0.15) is 0 Å². The molecule has 184 valence electrons. The number of esters is 1. The van der Waals surface area contributed by atoms with Gasteiger partial charge in [0, 0.05) is 10.7 Å². The Labute approximate surface area is 213 Å². The molecule has 3 aromatic rings. The van der Waals surface area contributed by atoms with E-state index in [0.717, 1.165) is 4.31 Å². The quantitative estimate of drug-likeness (QED) is 0.385. The summed E-state index contributed by atoms with van der Waals surface area (Å²) in [5, 5.41) is 3.17. The van der Waals surface area contributed by atoms with E-state index in [4.69, 9.17) is 32.7 Å². The minimum atomic E-state index is -4.14. The van der Waals surface area contributed by atoms with Crippen LogP contribution in [-0.2, 0) is 19.6 Å². The molecular weight excluding hydrogens is 515 g/mol. The van der Waals surface area contributed by atoms with Gasteiger partial charge in [0.2, 0.25) is 5.91 Å². The molecule has 8 nitrogen and oxygen atoms in total. The fraction of sp³-hybridized carbons (Fsp3) is 0.167. The van der Waals surface area contributed by atoms with E-state index in [1.54, 1.807) is 6.92 Å². The summed E-state index contributed by atoms with van der Waals surface area (Å²) in [6.45, 7) is 1.27. The Hall–Kier alpha value is -3.27. The van der Waals surface area contributed by atoms with Gasteiger partial charge in [-0.25, -0.2) is 13.2 Å². The first kappa shape index (κ1) is 26.3. The summed E-state index contributed by atoms with van der Waals surface area (Å²) < 4.78 is 37.9. The van der Waals surface area contributed by atoms with Gasteiger partial charge in [-0.3, -0.25) is 9.10 Å². The summed E-state index contributed by atoms with van der Waals surface area (Å²) in [7, 11) is -2.67. The molecule has 0 bridgehead atoms. The zero-order valence-electron chi connectivity index (χ0n) is 18.8. The molecule has 3 rings (SSSR count). The molecule has 11 heteroatoms. The SMILES string of the molecule is CCOC(=O)c1cc(NC(=O)CN(c2ccc(Cl)cc2)S(=O)(=O)c2ccc(OC)cc2)ccc1Cl. The van der Waals surface area contributed by atoms with Gasteiger partial charge in [-0.15, -0.1) is 0 Å². The van der Waals surface area contributed by atoms with Crippen molar-refractivity contribution in [2.45, 2.75) is 11.8 Å². The lowest BCUT2D eigenvalue weighted by molar-refractivity contribution is -0.114. The number of sulfonamides is 1. The highest BCUT2D eigenvalue weighted by Gasteiger charge is 2.27. The van der Waals surface area contributed by atoms with E-state index in [2.05, 4.69) is 5.32 Å². The Kier molecular flexibility index (Phi) is 8.61. The standard InChI is InChI=1S/C24H22Cl2N2O6S/c1-3-34-24(30)21-14-17(6-13-22(21)26)27-23(29)15-28(18-7-4-16(25)5-8-18)35(31,32)20-11-9-19(33-2)10-12-20/h4-14H,3,15H2,1-2H3,(H,27,29). The van der Waals surface area contributed by atoms with Crippen LogP contribution in [0.15, 0.2) is 71.6 Å². The number of methoxy groups -OCH3 is 1. The van der Waals surface area contributed by atoms with Gasteiger partial charge in [-0.05, 0) is 73.7 Å². The van der Waals surface area contributed by atoms with E-state index in [1.165, 1.54) is 73.8 Å². The molecule has 0 atom stereocenters. The fourth-order valence-electron chi connectivity index (χ4n) is 3.10. The lowest BCUT2D eigenvalue weighted by Gasteiger charge is -2.24. The molecule has 0 saturated heterocycles. The van der Waals surface area contributed by atoms with Gasteiger partial charge >= 0.3 is 5.97 Å². The number of nitrogens with zero attached hydrogens (tertiary/aromatic N) is 1. The number of anilines is 2. The first-order chi connectivity index (χ1) is 16.6. The van der Waals surface area contributed by atoms with E-state index in [9.17, 15) is 18.0 Å². The molecule has 0 saturated carbocycles. The van der Waals surface area contributed by atoms with Crippen LogP contribution in [0, 0.1) is 0 Å². The number of ether oxygens (including phenoxy) is 2. The van der Waals surface area contributed by atoms with Crippen LogP contribution in [0.1, 0.15) is 17.3 Å². The van der Waals surface area contributed by atoms with E-state index in [1.807, 2.05) is 0 Å². The first-order valence-corrected chi connectivity index (χ1v) is 12.5. The summed E-state index contributed by atoms with van der Waals surface area (Å²) >= 11 is 12.0. The Balaban J connectivity index is 1.91. The molecule has 0 heterocycles. The van der Waals surface area contributed by atoms with Gasteiger partial charge < -0.3 is 14.8 Å². The van der Waals surface area contributed by atoms with E-state index in [0.29, 0.717) is 10.8 Å². The molecule has 0 fully saturated rings. The average molecular weight is 537 g/mol. The smallest absolute Gasteiger partial charge is 0.339 e. The monoisotopic (exact) mass is 536 g/mol. The number of carbonyl (C=O) groups excluding carboxylic acids is 2. The van der Waals surface area contributed by atoms with Crippen molar-refractivity contribution in [1.82, 2.24) is 0 Å². The van der Waals surface area contributed by atoms with Crippen LogP contribution >= 0.6 is 23.2 Å². The highest BCUT2D eigenvalue weighted by atomic mass is 35.5. The predicted molar refractivity (Wildman–Crippen MR) is 135 cm³/mol. The zero-order chi connectivity index (χ0) is 25.6. The molecule has 0 radical (unpaired) electrons. The Morgan fingerprint density at radius 3 is 2.23 bits per heavy atom. The first-order valence-electron chi connectivity index (χ1n) is 10.3. The summed E-state index contributed by atoms with van der Waals surface area (Å²) in [4.78, 5) is 25.0. The van der Waals surface area contributed by atoms with Crippen LogP contribution in [-0.4, -0.2) is 40.6 Å². The van der Waals surface area contributed by atoms with Crippen molar-refractivity contribution in [3.8, 4) is 5.75 Å². The van der Waals surface area contributed by atoms with E-state index in [-0.39, 0.29) is 33.5 Å². The number of halogens is 2. The number of rotatable bonds is 9. The van der Waals surface area contributed by atoms with Crippen LogP contribution in [0.2, 0.25) is 10.0 Å². The summed E-state index contributed by atoms with van der Waals surface area (Å²) in [5.41, 5.74) is 0.566. The Morgan fingerprint density at radius 1 is 0.971 bits per heavy atom. The summed E-state index contributed by atoms with van der Waals surface area (Å²) in [6.07, 6.45) is 0. The highest BCUT2D eigenvalue weighted by molar-refractivity contribution is 7.92. The third-order valence-electron chi connectivity index (χ3n) is 4.79. The maximum absolute atomic E-state index is 13.5. The van der Waals surface area contributed by atoms with Crippen molar-refractivity contribution in [3.63, 3.8) is 0 Å². The van der Waals surface area contributed by atoms with Crippen LogP contribution in [0.5, 0.6) is 5.75 Å². The van der Waals surface area contributed by atoms with Crippen molar-refractivity contribution in [2.75, 3.05) is 29.9 Å².